The molecule has 0 radical (unpaired) electrons. The van der Waals surface area contributed by atoms with Crippen LogP contribution in [0, 0.1) is 0 Å². The summed E-state index contributed by atoms with van der Waals surface area (Å²) in [5.41, 5.74) is 2.21. The molecule has 3 N–H and O–H groups in total. The normalized spacial score (nSPS) is 12.2. The maximum absolute atomic E-state index is 5.99. The molecule has 0 aliphatic rings. The van der Waals surface area contributed by atoms with Crippen LogP contribution in [0.15, 0.2) is 59.6 Å². The lowest BCUT2D eigenvalue weighted by Gasteiger charge is -2.19. The summed E-state index contributed by atoms with van der Waals surface area (Å²) >= 11 is 0. The molecule has 1 heterocycles. The fourth-order valence-corrected chi connectivity index (χ4v) is 2.94. The first kappa shape index (κ1) is 22.9. The van der Waals surface area contributed by atoms with Crippen molar-refractivity contribution in [3.63, 3.8) is 0 Å². The first-order chi connectivity index (χ1) is 13.7. The van der Waals surface area contributed by atoms with Crippen molar-refractivity contribution in [2.75, 3.05) is 20.2 Å². The minimum atomic E-state index is -0.0479. The van der Waals surface area contributed by atoms with Crippen molar-refractivity contribution >= 4 is 40.8 Å². The Kier molecular flexibility index (Phi) is 9.11. The topological polar surface area (TPSA) is 70.7 Å². The molecule has 0 saturated heterocycles. The van der Waals surface area contributed by atoms with Crippen molar-refractivity contribution in [2.24, 2.45) is 4.99 Å². The summed E-state index contributed by atoms with van der Waals surface area (Å²) in [6.45, 7) is 6.05. The number of methoxy groups -OCH3 is 1. The summed E-state index contributed by atoms with van der Waals surface area (Å²) in [5, 5.41) is 7.81. The number of rotatable bonds is 8. The second-order valence-electron chi connectivity index (χ2n) is 6.54. The van der Waals surface area contributed by atoms with Gasteiger partial charge in [-0.1, -0.05) is 30.3 Å². The number of H-pyrrole nitrogens is 1. The van der Waals surface area contributed by atoms with Crippen LogP contribution in [0.3, 0.4) is 0 Å². The molecule has 0 saturated carbocycles. The van der Waals surface area contributed by atoms with Crippen LogP contribution in [0.4, 0.5) is 0 Å². The number of hydrogen-bond acceptors (Lipinski definition) is 3. The molecule has 1 atom stereocenters. The van der Waals surface area contributed by atoms with Crippen molar-refractivity contribution in [3.05, 3.63) is 60.3 Å². The van der Waals surface area contributed by atoms with Gasteiger partial charge in [0.05, 0.1) is 20.2 Å². The largest absolute Gasteiger partial charge is 0.493 e. The van der Waals surface area contributed by atoms with E-state index < -0.39 is 0 Å². The summed E-state index contributed by atoms with van der Waals surface area (Å²) in [5.74, 6) is 2.23. The van der Waals surface area contributed by atoms with Crippen LogP contribution >= 0.6 is 24.0 Å². The van der Waals surface area contributed by atoms with E-state index in [4.69, 9.17) is 9.47 Å². The smallest absolute Gasteiger partial charge is 0.191 e. The number of ether oxygens (including phenoxy) is 2. The molecule has 29 heavy (non-hydrogen) atoms. The highest BCUT2D eigenvalue weighted by Gasteiger charge is 2.09. The number of para-hydroxylation sites is 3. The first-order valence-electron chi connectivity index (χ1n) is 9.58. The minimum absolute atomic E-state index is 0. The molecule has 3 rings (SSSR count). The molecule has 3 aromatic rings. The number of aliphatic imine (C=N–C) groups is 1. The lowest BCUT2D eigenvalue weighted by atomic mass is 10.2. The molecular formula is C22H29IN4O2. The Labute approximate surface area is 189 Å². The van der Waals surface area contributed by atoms with E-state index in [0.29, 0.717) is 13.1 Å². The second-order valence-corrected chi connectivity index (χ2v) is 6.54. The third kappa shape index (κ3) is 6.56. The van der Waals surface area contributed by atoms with Crippen LogP contribution in [0.1, 0.15) is 19.5 Å². The van der Waals surface area contributed by atoms with Crippen molar-refractivity contribution in [1.29, 1.82) is 0 Å². The molecule has 0 aliphatic carbocycles. The Morgan fingerprint density at radius 3 is 2.52 bits per heavy atom. The Morgan fingerprint density at radius 2 is 1.79 bits per heavy atom. The minimum Gasteiger partial charge on any atom is -0.493 e. The molecule has 0 spiro atoms. The zero-order valence-electron chi connectivity index (χ0n) is 17.1. The first-order valence-corrected chi connectivity index (χ1v) is 9.58. The Hall–Kier alpha value is -2.42. The summed E-state index contributed by atoms with van der Waals surface area (Å²) in [6, 6.07) is 18.0. The number of guanidine groups is 1. The fraction of sp³-hybridized carbons (Fsp3) is 0.318. The van der Waals surface area contributed by atoms with E-state index in [0.717, 1.165) is 35.2 Å². The third-order valence-electron chi connectivity index (χ3n) is 4.29. The number of aromatic nitrogens is 1. The molecule has 0 bridgehead atoms. The summed E-state index contributed by atoms with van der Waals surface area (Å²) < 4.78 is 11.3. The molecular weight excluding hydrogens is 479 g/mol. The highest BCUT2D eigenvalue weighted by atomic mass is 127. The van der Waals surface area contributed by atoms with Gasteiger partial charge in [-0.15, -0.1) is 24.0 Å². The number of nitrogens with one attached hydrogen (secondary N) is 3. The molecule has 0 aliphatic heterocycles. The number of hydrogen-bond donors (Lipinski definition) is 3. The van der Waals surface area contributed by atoms with Crippen molar-refractivity contribution < 1.29 is 9.47 Å². The average molecular weight is 508 g/mol. The molecule has 6 nitrogen and oxygen atoms in total. The van der Waals surface area contributed by atoms with E-state index in [1.54, 1.807) is 7.11 Å². The van der Waals surface area contributed by atoms with Gasteiger partial charge in [-0.05, 0) is 43.5 Å². The Bertz CT molecular complexity index is 893. The van der Waals surface area contributed by atoms with Crippen LogP contribution in [-0.2, 0) is 6.54 Å². The number of aromatic amines is 1. The van der Waals surface area contributed by atoms with Crippen LogP contribution in [-0.4, -0.2) is 37.2 Å². The Morgan fingerprint density at radius 1 is 1.07 bits per heavy atom. The highest BCUT2D eigenvalue weighted by molar-refractivity contribution is 14.0. The van der Waals surface area contributed by atoms with Gasteiger partial charge in [0, 0.05) is 17.8 Å². The van der Waals surface area contributed by atoms with Gasteiger partial charge >= 0.3 is 0 Å². The van der Waals surface area contributed by atoms with Gasteiger partial charge in [0.2, 0.25) is 0 Å². The summed E-state index contributed by atoms with van der Waals surface area (Å²) in [4.78, 5) is 8.08. The van der Waals surface area contributed by atoms with E-state index in [-0.39, 0.29) is 30.1 Å². The highest BCUT2D eigenvalue weighted by Crippen LogP contribution is 2.26. The molecule has 0 fully saturated rings. The fourth-order valence-electron chi connectivity index (χ4n) is 2.94. The third-order valence-corrected chi connectivity index (χ3v) is 4.29. The molecule has 2 aromatic carbocycles. The maximum Gasteiger partial charge on any atom is 0.191 e. The monoisotopic (exact) mass is 508 g/mol. The van der Waals surface area contributed by atoms with Gasteiger partial charge in [-0.3, -0.25) is 0 Å². The molecule has 0 amide bonds. The van der Waals surface area contributed by atoms with Crippen molar-refractivity contribution in [1.82, 2.24) is 15.6 Å². The number of fused-ring (bicyclic) bond motifs is 1. The Balaban J connectivity index is 0.00000300. The van der Waals surface area contributed by atoms with Gasteiger partial charge < -0.3 is 25.1 Å². The second kappa shape index (κ2) is 11.5. The molecule has 1 aromatic heterocycles. The van der Waals surface area contributed by atoms with Gasteiger partial charge in [0.1, 0.15) is 6.10 Å². The number of benzene rings is 2. The summed E-state index contributed by atoms with van der Waals surface area (Å²) in [6.07, 6.45) is -0.0479. The van der Waals surface area contributed by atoms with E-state index in [1.165, 1.54) is 5.39 Å². The maximum atomic E-state index is 5.99. The van der Waals surface area contributed by atoms with E-state index in [9.17, 15) is 0 Å². The molecule has 7 heteroatoms. The van der Waals surface area contributed by atoms with Gasteiger partial charge in [0.15, 0.2) is 17.5 Å². The van der Waals surface area contributed by atoms with Crippen LogP contribution in [0.25, 0.3) is 10.9 Å². The molecule has 156 valence electrons. The van der Waals surface area contributed by atoms with Crippen LogP contribution < -0.4 is 20.1 Å². The van der Waals surface area contributed by atoms with Gasteiger partial charge in [-0.2, -0.15) is 0 Å². The van der Waals surface area contributed by atoms with Gasteiger partial charge in [0.25, 0.3) is 0 Å². The lowest BCUT2D eigenvalue weighted by Crippen LogP contribution is -2.41. The zero-order chi connectivity index (χ0) is 19.8. The quantitative estimate of drug-likeness (QED) is 0.241. The van der Waals surface area contributed by atoms with Crippen LogP contribution in [0.5, 0.6) is 11.5 Å². The predicted octanol–water partition coefficient (Wildman–Crippen LogP) is 4.32. The van der Waals surface area contributed by atoms with E-state index in [2.05, 4.69) is 45.7 Å². The number of halogens is 1. The average Bonchev–Trinajstić information content (AvgIpc) is 3.13. The van der Waals surface area contributed by atoms with Crippen molar-refractivity contribution in [3.8, 4) is 11.5 Å². The van der Waals surface area contributed by atoms with Crippen molar-refractivity contribution in [2.45, 2.75) is 26.5 Å². The van der Waals surface area contributed by atoms with Crippen LogP contribution in [0.2, 0.25) is 0 Å². The number of nitrogens with zero attached hydrogens (tertiary/aromatic N) is 1. The SMILES string of the molecule is CCNC(=NCc1cc2ccccc2[nH]1)NCC(C)Oc1ccccc1OC.I. The predicted molar refractivity (Wildman–Crippen MR) is 130 cm³/mol. The standard InChI is InChI=1S/C22H28N4O2.HI/c1-4-23-22(25-15-18-13-17-9-5-6-10-19(17)26-18)24-14-16(2)28-21-12-8-7-11-20(21)27-3;/h5-13,16,26H,4,14-15H2,1-3H3,(H2,23,24,25);1H. The molecule has 1 unspecified atom stereocenters. The summed E-state index contributed by atoms with van der Waals surface area (Å²) in [7, 11) is 1.64. The van der Waals surface area contributed by atoms with E-state index >= 15 is 0 Å². The van der Waals surface area contributed by atoms with Gasteiger partial charge in [-0.25, -0.2) is 4.99 Å². The zero-order valence-corrected chi connectivity index (χ0v) is 19.4. The lowest BCUT2D eigenvalue weighted by molar-refractivity contribution is 0.213. The van der Waals surface area contributed by atoms with E-state index in [1.807, 2.05) is 43.3 Å².